The first kappa shape index (κ1) is 19.9. The van der Waals surface area contributed by atoms with Crippen molar-refractivity contribution in [3.63, 3.8) is 0 Å². The van der Waals surface area contributed by atoms with Crippen molar-refractivity contribution in [1.29, 1.82) is 0 Å². The van der Waals surface area contributed by atoms with Crippen LogP contribution in [-0.4, -0.2) is 50.2 Å². The average Bonchev–Trinajstić information content (AvgIpc) is 2.40. The second-order valence-corrected chi connectivity index (χ2v) is 18.0. The van der Waals surface area contributed by atoms with E-state index in [1.54, 1.807) is 0 Å². The van der Waals surface area contributed by atoms with Gasteiger partial charge in [-0.3, -0.25) is 0 Å². The molecule has 0 aromatic rings. The monoisotopic (exact) mass is 353 g/mol. The molecule has 0 unspecified atom stereocenters. The van der Waals surface area contributed by atoms with Crippen LogP contribution in [0, 0.1) is 0 Å². The van der Waals surface area contributed by atoms with Gasteiger partial charge in [0.2, 0.25) is 0 Å². The molecule has 0 amide bonds. The first-order valence-corrected chi connectivity index (χ1v) is 13.3. The summed E-state index contributed by atoms with van der Waals surface area (Å²) in [6.45, 7) is 8.25. The number of hydrogen-bond acceptors (Lipinski definition) is 1. The van der Waals surface area contributed by atoms with E-state index in [0.29, 0.717) is 0 Å². The molecule has 0 aliphatic carbocycles. The standard InChI is InChI=1S/C16H37BrNP/c1-6-9-13-19(17,14-10-7-2,15-11-8-3)16-12-18(4)5/h6-16H2,1-5H3. The molecule has 19 heavy (non-hydrogen) atoms. The van der Waals surface area contributed by atoms with E-state index in [2.05, 4.69) is 55.3 Å². The molecular weight excluding hydrogens is 317 g/mol. The van der Waals surface area contributed by atoms with Crippen LogP contribution in [0.3, 0.4) is 0 Å². The van der Waals surface area contributed by atoms with Gasteiger partial charge in [0.1, 0.15) is 0 Å². The van der Waals surface area contributed by atoms with Crippen LogP contribution in [0.4, 0.5) is 0 Å². The minimum atomic E-state index is -1.63. The van der Waals surface area contributed by atoms with Crippen molar-refractivity contribution in [2.45, 2.75) is 59.3 Å². The molecule has 0 aromatic carbocycles. The maximum absolute atomic E-state index is 4.43. The molecule has 0 heterocycles. The van der Waals surface area contributed by atoms with Crippen LogP contribution in [0.5, 0.6) is 0 Å². The molecule has 118 valence electrons. The summed E-state index contributed by atoms with van der Waals surface area (Å²) in [5.74, 6) is 0. The molecule has 0 N–H and O–H groups in total. The van der Waals surface area contributed by atoms with E-state index in [1.807, 2.05) is 0 Å². The van der Waals surface area contributed by atoms with Gasteiger partial charge < -0.3 is 0 Å². The van der Waals surface area contributed by atoms with Gasteiger partial charge in [0.25, 0.3) is 0 Å². The van der Waals surface area contributed by atoms with Gasteiger partial charge in [0, 0.05) is 0 Å². The Balaban J connectivity index is 4.92. The molecule has 0 fully saturated rings. The van der Waals surface area contributed by atoms with Crippen molar-refractivity contribution in [3.8, 4) is 0 Å². The van der Waals surface area contributed by atoms with Crippen LogP contribution >= 0.6 is 20.8 Å². The fraction of sp³-hybridized carbons (Fsp3) is 1.00. The van der Waals surface area contributed by atoms with Gasteiger partial charge in [-0.25, -0.2) is 0 Å². The third-order valence-corrected chi connectivity index (χ3v) is 14.2. The van der Waals surface area contributed by atoms with Crippen LogP contribution in [0.15, 0.2) is 0 Å². The molecule has 0 radical (unpaired) electrons. The third kappa shape index (κ3) is 8.02. The molecule has 0 saturated heterocycles. The molecule has 0 spiro atoms. The van der Waals surface area contributed by atoms with E-state index in [9.17, 15) is 0 Å². The van der Waals surface area contributed by atoms with E-state index >= 15 is 0 Å². The molecular formula is C16H37BrNP. The summed E-state index contributed by atoms with van der Waals surface area (Å²) in [7, 11) is 4.43. The van der Waals surface area contributed by atoms with Crippen molar-refractivity contribution in [1.82, 2.24) is 4.90 Å². The van der Waals surface area contributed by atoms with Gasteiger partial charge in [-0.05, 0) is 0 Å². The Labute approximate surface area is 130 Å². The van der Waals surface area contributed by atoms with E-state index in [4.69, 9.17) is 0 Å². The summed E-state index contributed by atoms with van der Waals surface area (Å²) in [4.78, 5) is 2.37. The minimum absolute atomic E-state index is 1.25. The third-order valence-electron chi connectivity index (χ3n) is 4.32. The summed E-state index contributed by atoms with van der Waals surface area (Å²) < 4.78 is 0. The zero-order valence-corrected chi connectivity index (χ0v) is 16.5. The number of unbranched alkanes of at least 4 members (excludes halogenated alkanes) is 3. The van der Waals surface area contributed by atoms with Gasteiger partial charge in [-0.15, -0.1) is 0 Å². The Morgan fingerprint density at radius 2 is 1.11 bits per heavy atom. The van der Waals surface area contributed by atoms with Gasteiger partial charge in [-0.1, -0.05) is 0 Å². The van der Waals surface area contributed by atoms with Crippen LogP contribution in [0.1, 0.15) is 59.3 Å². The number of rotatable bonds is 12. The van der Waals surface area contributed by atoms with Crippen LogP contribution in [0.2, 0.25) is 0 Å². The van der Waals surface area contributed by atoms with Crippen molar-refractivity contribution >= 4 is 20.8 Å². The quantitative estimate of drug-likeness (QED) is 0.400. The molecule has 1 nitrogen and oxygen atoms in total. The summed E-state index contributed by atoms with van der Waals surface area (Å²) >= 11 is 4.43. The number of hydrogen-bond donors (Lipinski definition) is 0. The van der Waals surface area contributed by atoms with E-state index in [1.165, 1.54) is 69.7 Å². The Bertz CT molecular complexity index is 206. The summed E-state index contributed by atoms with van der Waals surface area (Å²) in [5.41, 5.74) is 0. The van der Waals surface area contributed by atoms with Crippen molar-refractivity contribution in [2.75, 3.05) is 45.3 Å². The maximum atomic E-state index is 4.43. The van der Waals surface area contributed by atoms with Crippen molar-refractivity contribution in [2.24, 2.45) is 0 Å². The van der Waals surface area contributed by atoms with Crippen LogP contribution < -0.4 is 0 Å². The topological polar surface area (TPSA) is 3.24 Å². The van der Waals surface area contributed by atoms with Gasteiger partial charge in [0.05, 0.1) is 0 Å². The number of halogens is 1. The molecule has 3 heteroatoms. The molecule has 0 aromatic heterocycles. The van der Waals surface area contributed by atoms with Crippen molar-refractivity contribution < 1.29 is 0 Å². The molecule has 0 aliphatic rings. The van der Waals surface area contributed by atoms with E-state index in [-0.39, 0.29) is 0 Å². The Kier molecular flexibility index (Phi) is 10.2. The second kappa shape index (κ2) is 9.74. The average molecular weight is 354 g/mol. The summed E-state index contributed by atoms with van der Waals surface area (Å²) in [6.07, 6.45) is 14.1. The molecule has 0 atom stereocenters. The Hall–Kier alpha value is 0.870. The van der Waals surface area contributed by atoms with E-state index < -0.39 is 5.31 Å². The van der Waals surface area contributed by atoms with Gasteiger partial charge >= 0.3 is 130 Å². The fourth-order valence-corrected chi connectivity index (χ4v) is 11.1. The Morgan fingerprint density at radius 1 is 0.737 bits per heavy atom. The summed E-state index contributed by atoms with van der Waals surface area (Å²) in [5, 5.41) is -1.63. The molecule has 0 saturated carbocycles. The first-order valence-electron chi connectivity index (χ1n) is 8.27. The molecule has 0 rings (SSSR count). The Morgan fingerprint density at radius 3 is 1.37 bits per heavy atom. The fourth-order valence-electron chi connectivity index (χ4n) is 2.78. The summed E-state index contributed by atoms with van der Waals surface area (Å²) in [6, 6.07) is 0. The first-order chi connectivity index (χ1) is 8.90. The molecule has 0 bridgehead atoms. The number of nitrogens with zero attached hydrogens (tertiary/aromatic N) is 1. The van der Waals surface area contributed by atoms with Crippen LogP contribution in [0.25, 0.3) is 0 Å². The molecule has 0 aliphatic heterocycles. The van der Waals surface area contributed by atoms with E-state index in [0.717, 1.165) is 0 Å². The second-order valence-electron chi connectivity index (χ2n) is 6.58. The predicted octanol–water partition coefficient (Wildman–Crippen LogP) is 5.81. The zero-order chi connectivity index (χ0) is 14.8. The van der Waals surface area contributed by atoms with Crippen molar-refractivity contribution in [3.05, 3.63) is 0 Å². The van der Waals surface area contributed by atoms with Gasteiger partial charge in [-0.2, -0.15) is 0 Å². The normalized spacial score (nSPS) is 14.6. The SMILES string of the molecule is CCCCP(Br)(CCCC)(CCCC)CCN(C)C. The van der Waals surface area contributed by atoms with Gasteiger partial charge in [0.15, 0.2) is 0 Å². The predicted molar refractivity (Wildman–Crippen MR) is 98.6 cm³/mol. The zero-order valence-electron chi connectivity index (χ0n) is 14.1. The van der Waals surface area contributed by atoms with Crippen LogP contribution in [-0.2, 0) is 0 Å².